The Kier molecular flexibility index (Phi) is 5.72. The van der Waals surface area contributed by atoms with Crippen LogP contribution in [0.25, 0.3) is 0 Å². The summed E-state index contributed by atoms with van der Waals surface area (Å²) in [5, 5.41) is 17.0. The van der Waals surface area contributed by atoms with Gasteiger partial charge in [0.05, 0.1) is 31.1 Å². The molecule has 1 N–H and O–H groups in total. The van der Waals surface area contributed by atoms with Crippen molar-refractivity contribution in [2.45, 2.75) is 20.0 Å². The van der Waals surface area contributed by atoms with Crippen LogP contribution in [0.5, 0.6) is 11.5 Å². The molecule has 1 aromatic carbocycles. The fourth-order valence-electron chi connectivity index (χ4n) is 2.04. The van der Waals surface area contributed by atoms with E-state index in [9.17, 15) is 14.9 Å². The Morgan fingerprint density at radius 3 is 2.79 bits per heavy atom. The smallest absolute Gasteiger partial charge is 0.389 e. The van der Waals surface area contributed by atoms with Crippen LogP contribution >= 0.6 is 0 Å². The highest BCUT2D eigenvalue weighted by atomic mass is 16.6. The third-order valence-electron chi connectivity index (χ3n) is 3.14. The second-order valence-electron chi connectivity index (χ2n) is 4.82. The Hall–Kier alpha value is -3.10. The number of amides is 1. The first kappa shape index (κ1) is 17.3. The maximum atomic E-state index is 11.9. The van der Waals surface area contributed by atoms with Crippen LogP contribution in [0.1, 0.15) is 12.5 Å². The Bertz CT molecular complexity index is 728. The van der Waals surface area contributed by atoms with Crippen LogP contribution in [-0.4, -0.2) is 34.3 Å². The molecule has 0 bridgehead atoms. The highest BCUT2D eigenvalue weighted by Gasteiger charge is 2.13. The lowest BCUT2D eigenvalue weighted by Crippen LogP contribution is -2.27. The second kappa shape index (κ2) is 7.95. The van der Waals surface area contributed by atoms with Crippen molar-refractivity contribution in [3.05, 3.63) is 46.1 Å². The summed E-state index contributed by atoms with van der Waals surface area (Å²) in [6, 6.07) is 6.63. The Morgan fingerprint density at radius 2 is 2.17 bits per heavy atom. The van der Waals surface area contributed by atoms with Crippen LogP contribution < -0.4 is 14.8 Å². The number of nitro groups is 1. The normalized spacial score (nSPS) is 10.2. The largest absolute Gasteiger partial charge is 0.493 e. The molecule has 0 aliphatic carbocycles. The summed E-state index contributed by atoms with van der Waals surface area (Å²) in [5.74, 6) is 0.630. The van der Waals surface area contributed by atoms with Crippen LogP contribution in [0, 0.1) is 10.1 Å². The molecule has 0 saturated carbocycles. The summed E-state index contributed by atoms with van der Waals surface area (Å²) in [6.07, 6.45) is 1.39. The third-order valence-corrected chi connectivity index (χ3v) is 3.14. The molecule has 1 amide bonds. The molecule has 0 fully saturated rings. The van der Waals surface area contributed by atoms with Crippen molar-refractivity contribution in [2.24, 2.45) is 0 Å². The van der Waals surface area contributed by atoms with Gasteiger partial charge in [0.15, 0.2) is 11.5 Å². The van der Waals surface area contributed by atoms with E-state index in [0.717, 1.165) is 5.56 Å². The minimum atomic E-state index is -0.611. The van der Waals surface area contributed by atoms with Crippen LogP contribution in [0.2, 0.25) is 0 Å². The maximum Gasteiger partial charge on any atom is 0.389 e. The van der Waals surface area contributed by atoms with E-state index >= 15 is 0 Å². The lowest BCUT2D eigenvalue weighted by atomic mass is 10.2. The van der Waals surface area contributed by atoms with E-state index in [4.69, 9.17) is 9.47 Å². The van der Waals surface area contributed by atoms with Crippen molar-refractivity contribution in [3.8, 4) is 11.5 Å². The molecule has 128 valence electrons. The Labute approximate surface area is 138 Å². The van der Waals surface area contributed by atoms with Gasteiger partial charge in [-0.1, -0.05) is 6.07 Å². The van der Waals surface area contributed by atoms with Gasteiger partial charge in [0, 0.05) is 6.54 Å². The van der Waals surface area contributed by atoms with Crippen molar-refractivity contribution >= 4 is 11.7 Å². The van der Waals surface area contributed by atoms with Gasteiger partial charge >= 0.3 is 5.82 Å². The second-order valence-corrected chi connectivity index (χ2v) is 4.82. The molecule has 0 aliphatic heterocycles. The van der Waals surface area contributed by atoms with Gasteiger partial charge in [-0.05, 0) is 29.5 Å². The summed E-state index contributed by atoms with van der Waals surface area (Å²) >= 11 is 0. The lowest BCUT2D eigenvalue weighted by Gasteiger charge is -2.11. The first-order valence-corrected chi connectivity index (χ1v) is 7.27. The number of ether oxygens (including phenoxy) is 2. The standard InChI is InChI=1S/C15H18N4O5/c1-3-24-12-5-4-11(8-13(12)23-2)9-16-15(20)10-18-7-6-14(17-18)19(21)22/h4-8H,3,9-10H2,1-2H3,(H,16,20). The van der Waals surface area contributed by atoms with Crippen LogP contribution in [0.15, 0.2) is 30.5 Å². The quantitative estimate of drug-likeness (QED) is 0.579. The van der Waals surface area contributed by atoms with E-state index in [2.05, 4.69) is 10.4 Å². The van der Waals surface area contributed by atoms with Gasteiger partial charge in [-0.15, -0.1) is 0 Å². The predicted molar refractivity (Wildman–Crippen MR) is 84.9 cm³/mol. The number of hydrogen-bond acceptors (Lipinski definition) is 6. The minimum Gasteiger partial charge on any atom is -0.493 e. The van der Waals surface area contributed by atoms with Gasteiger partial charge in [0.1, 0.15) is 6.54 Å². The summed E-state index contributed by atoms with van der Waals surface area (Å²) in [4.78, 5) is 21.8. The summed E-state index contributed by atoms with van der Waals surface area (Å²) < 4.78 is 11.9. The topological polar surface area (TPSA) is 109 Å². The Morgan fingerprint density at radius 1 is 1.38 bits per heavy atom. The van der Waals surface area contributed by atoms with Crippen molar-refractivity contribution in [1.29, 1.82) is 0 Å². The molecule has 0 atom stereocenters. The number of nitrogens with one attached hydrogen (secondary N) is 1. The molecular formula is C15H18N4O5. The maximum absolute atomic E-state index is 11.9. The third kappa shape index (κ3) is 4.45. The zero-order chi connectivity index (χ0) is 17.5. The number of carbonyl (C=O) groups excluding carboxylic acids is 1. The average molecular weight is 334 g/mol. The molecule has 1 heterocycles. The molecule has 0 spiro atoms. The van der Waals surface area contributed by atoms with E-state index in [-0.39, 0.29) is 18.3 Å². The van der Waals surface area contributed by atoms with E-state index < -0.39 is 4.92 Å². The van der Waals surface area contributed by atoms with Gasteiger partial charge in [-0.2, -0.15) is 4.68 Å². The monoisotopic (exact) mass is 334 g/mol. The SMILES string of the molecule is CCOc1ccc(CNC(=O)Cn2ccc([N+](=O)[O-])n2)cc1OC. The molecule has 0 aliphatic rings. The minimum absolute atomic E-state index is 0.0952. The summed E-state index contributed by atoms with van der Waals surface area (Å²) in [6.45, 7) is 2.61. The molecule has 0 saturated heterocycles. The highest BCUT2D eigenvalue weighted by Crippen LogP contribution is 2.27. The first-order valence-electron chi connectivity index (χ1n) is 7.27. The number of carbonyl (C=O) groups is 1. The van der Waals surface area contributed by atoms with Gasteiger partial charge < -0.3 is 24.9 Å². The van der Waals surface area contributed by atoms with E-state index in [1.165, 1.54) is 16.9 Å². The van der Waals surface area contributed by atoms with Gasteiger partial charge in [-0.3, -0.25) is 4.79 Å². The van der Waals surface area contributed by atoms with Gasteiger partial charge in [0.2, 0.25) is 5.91 Å². The van der Waals surface area contributed by atoms with Crippen molar-refractivity contribution in [3.63, 3.8) is 0 Å². The number of methoxy groups -OCH3 is 1. The van der Waals surface area contributed by atoms with Crippen LogP contribution in [-0.2, 0) is 17.9 Å². The van der Waals surface area contributed by atoms with Crippen molar-refractivity contribution in [1.82, 2.24) is 15.1 Å². The van der Waals surface area contributed by atoms with Gasteiger partial charge in [-0.25, -0.2) is 0 Å². The summed E-state index contributed by atoms with van der Waals surface area (Å²) in [7, 11) is 1.55. The van der Waals surface area contributed by atoms with Crippen LogP contribution in [0.3, 0.4) is 0 Å². The van der Waals surface area contributed by atoms with E-state index in [0.29, 0.717) is 24.7 Å². The first-order chi connectivity index (χ1) is 11.5. The van der Waals surface area contributed by atoms with Crippen molar-refractivity contribution in [2.75, 3.05) is 13.7 Å². The number of rotatable bonds is 8. The fraction of sp³-hybridized carbons (Fsp3) is 0.333. The molecule has 1 aromatic heterocycles. The predicted octanol–water partition coefficient (Wildman–Crippen LogP) is 1.51. The summed E-state index contributed by atoms with van der Waals surface area (Å²) in [5.41, 5.74) is 0.843. The molecule has 24 heavy (non-hydrogen) atoms. The van der Waals surface area contributed by atoms with Crippen molar-refractivity contribution < 1.29 is 19.2 Å². The molecule has 9 nitrogen and oxygen atoms in total. The molecule has 9 heteroatoms. The zero-order valence-electron chi connectivity index (χ0n) is 13.4. The average Bonchev–Trinajstić information content (AvgIpc) is 3.03. The zero-order valence-corrected chi connectivity index (χ0v) is 13.4. The lowest BCUT2D eigenvalue weighted by molar-refractivity contribution is -0.389. The number of nitrogens with zero attached hydrogens (tertiary/aromatic N) is 3. The molecule has 2 aromatic rings. The molecular weight excluding hydrogens is 316 g/mol. The number of hydrogen-bond donors (Lipinski definition) is 1. The van der Waals surface area contributed by atoms with E-state index in [1.54, 1.807) is 19.2 Å². The van der Waals surface area contributed by atoms with Crippen LogP contribution in [0.4, 0.5) is 5.82 Å². The number of benzene rings is 1. The molecule has 2 rings (SSSR count). The fourth-order valence-corrected chi connectivity index (χ4v) is 2.04. The molecule has 0 radical (unpaired) electrons. The Balaban J connectivity index is 1.92. The van der Waals surface area contributed by atoms with E-state index in [1.807, 2.05) is 13.0 Å². The number of aromatic nitrogens is 2. The highest BCUT2D eigenvalue weighted by molar-refractivity contribution is 5.75. The molecule has 0 unspecified atom stereocenters. The van der Waals surface area contributed by atoms with Gasteiger partial charge in [0.25, 0.3) is 0 Å².